The molecule has 1 rings (SSSR count). The van der Waals surface area contributed by atoms with E-state index in [1.165, 1.54) is 56.9 Å². The SMILES string of the molecule is CCCCCC[N]CCCCCc1ccccc1. The molecule has 0 aromatic heterocycles. The smallest absolute Gasteiger partial charge is 0.0133 e. The van der Waals surface area contributed by atoms with Crippen LogP contribution < -0.4 is 5.32 Å². The largest absolute Gasteiger partial charge is 0.242 e. The summed E-state index contributed by atoms with van der Waals surface area (Å²) in [5.41, 5.74) is 1.47. The maximum Gasteiger partial charge on any atom is 0.0133 e. The molecule has 0 fully saturated rings. The van der Waals surface area contributed by atoms with E-state index in [0.717, 1.165) is 13.1 Å². The molecule has 1 aromatic carbocycles. The number of unbranched alkanes of at least 4 members (excludes halogenated alkanes) is 5. The van der Waals surface area contributed by atoms with Crippen LogP contribution >= 0.6 is 0 Å². The zero-order valence-corrected chi connectivity index (χ0v) is 11.9. The van der Waals surface area contributed by atoms with Crippen LogP contribution in [-0.2, 0) is 6.42 Å². The van der Waals surface area contributed by atoms with Gasteiger partial charge >= 0.3 is 0 Å². The Morgan fingerprint density at radius 2 is 1.44 bits per heavy atom. The van der Waals surface area contributed by atoms with Gasteiger partial charge in [-0.25, -0.2) is 5.32 Å². The normalized spacial score (nSPS) is 10.7. The Hall–Kier alpha value is -0.820. The van der Waals surface area contributed by atoms with Crippen molar-refractivity contribution in [2.45, 2.75) is 58.3 Å². The molecule has 1 nitrogen and oxygen atoms in total. The zero-order valence-electron chi connectivity index (χ0n) is 11.9. The Balaban J connectivity index is 1.82. The summed E-state index contributed by atoms with van der Waals surface area (Å²) in [4.78, 5) is 0. The Morgan fingerprint density at radius 3 is 2.11 bits per heavy atom. The second kappa shape index (κ2) is 11.3. The van der Waals surface area contributed by atoms with Gasteiger partial charge in [-0.1, -0.05) is 62.9 Å². The van der Waals surface area contributed by atoms with E-state index >= 15 is 0 Å². The fourth-order valence-corrected chi connectivity index (χ4v) is 2.14. The second-order valence-corrected chi connectivity index (χ2v) is 5.03. The van der Waals surface area contributed by atoms with Gasteiger partial charge in [0.25, 0.3) is 0 Å². The fourth-order valence-electron chi connectivity index (χ4n) is 2.14. The monoisotopic (exact) mass is 246 g/mol. The van der Waals surface area contributed by atoms with Crippen LogP contribution in [0.5, 0.6) is 0 Å². The van der Waals surface area contributed by atoms with E-state index in [1.54, 1.807) is 0 Å². The molecule has 0 bridgehead atoms. The molecule has 0 saturated heterocycles. The van der Waals surface area contributed by atoms with Crippen LogP contribution in [0.2, 0.25) is 0 Å². The van der Waals surface area contributed by atoms with E-state index in [2.05, 4.69) is 42.6 Å². The summed E-state index contributed by atoms with van der Waals surface area (Å²) in [6.45, 7) is 4.41. The summed E-state index contributed by atoms with van der Waals surface area (Å²) in [6.07, 6.45) is 10.4. The molecule has 0 amide bonds. The van der Waals surface area contributed by atoms with E-state index in [0.29, 0.717) is 0 Å². The molecule has 1 heteroatoms. The van der Waals surface area contributed by atoms with E-state index in [9.17, 15) is 0 Å². The van der Waals surface area contributed by atoms with Crippen molar-refractivity contribution in [1.29, 1.82) is 0 Å². The third-order valence-corrected chi connectivity index (χ3v) is 3.29. The van der Waals surface area contributed by atoms with Crippen molar-refractivity contribution in [2.24, 2.45) is 0 Å². The van der Waals surface area contributed by atoms with Gasteiger partial charge in [-0.2, -0.15) is 0 Å². The molecule has 0 N–H and O–H groups in total. The van der Waals surface area contributed by atoms with Crippen LogP contribution in [0.3, 0.4) is 0 Å². The topological polar surface area (TPSA) is 14.1 Å². The van der Waals surface area contributed by atoms with Gasteiger partial charge in [0.05, 0.1) is 0 Å². The van der Waals surface area contributed by atoms with Crippen LogP contribution in [0.4, 0.5) is 0 Å². The van der Waals surface area contributed by atoms with Crippen LogP contribution in [0.25, 0.3) is 0 Å². The highest BCUT2D eigenvalue weighted by Gasteiger charge is 1.94. The average molecular weight is 246 g/mol. The number of hydrogen-bond acceptors (Lipinski definition) is 0. The molecule has 0 atom stereocenters. The number of rotatable bonds is 11. The van der Waals surface area contributed by atoms with Crippen molar-refractivity contribution in [3.05, 3.63) is 35.9 Å². The van der Waals surface area contributed by atoms with Crippen LogP contribution in [0.1, 0.15) is 57.4 Å². The first-order valence-electron chi connectivity index (χ1n) is 7.60. The summed E-state index contributed by atoms with van der Waals surface area (Å²) >= 11 is 0. The minimum atomic E-state index is 1.07. The zero-order chi connectivity index (χ0) is 12.9. The first-order valence-corrected chi connectivity index (χ1v) is 7.60. The Kier molecular flexibility index (Phi) is 9.55. The minimum absolute atomic E-state index is 1.07. The van der Waals surface area contributed by atoms with Crippen molar-refractivity contribution in [3.8, 4) is 0 Å². The fraction of sp³-hybridized carbons (Fsp3) is 0.647. The third-order valence-electron chi connectivity index (χ3n) is 3.29. The second-order valence-electron chi connectivity index (χ2n) is 5.03. The first-order chi connectivity index (χ1) is 8.93. The maximum absolute atomic E-state index is 4.59. The summed E-state index contributed by atoms with van der Waals surface area (Å²) < 4.78 is 0. The molecule has 18 heavy (non-hydrogen) atoms. The van der Waals surface area contributed by atoms with Gasteiger partial charge in [0.2, 0.25) is 0 Å². The van der Waals surface area contributed by atoms with E-state index in [4.69, 9.17) is 0 Å². The molecule has 1 aromatic rings. The lowest BCUT2D eigenvalue weighted by Crippen LogP contribution is -2.08. The van der Waals surface area contributed by atoms with Crippen LogP contribution in [0.15, 0.2) is 30.3 Å². The summed E-state index contributed by atoms with van der Waals surface area (Å²) in [6, 6.07) is 10.8. The van der Waals surface area contributed by atoms with E-state index < -0.39 is 0 Å². The number of nitrogens with zero attached hydrogens (tertiary/aromatic N) is 1. The summed E-state index contributed by atoms with van der Waals surface area (Å²) in [5, 5.41) is 4.59. The lowest BCUT2D eigenvalue weighted by Gasteiger charge is -2.03. The standard InChI is InChI=1S/C17H28N/c1-2-3-4-10-15-18-16-11-6-9-14-17-12-7-5-8-13-17/h5,7-8,12-13H,2-4,6,9-11,14-16H2,1H3. The highest BCUT2D eigenvalue weighted by Crippen LogP contribution is 2.05. The van der Waals surface area contributed by atoms with Gasteiger partial charge in [-0.15, -0.1) is 0 Å². The van der Waals surface area contributed by atoms with Gasteiger partial charge in [0.1, 0.15) is 0 Å². The molecular weight excluding hydrogens is 218 g/mol. The molecule has 0 unspecified atom stereocenters. The molecule has 0 aliphatic carbocycles. The predicted octanol–water partition coefficient (Wildman–Crippen LogP) is 4.58. The molecule has 0 saturated carbocycles. The van der Waals surface area contributed by atoms with Crippen molar-refractivity contribution < 1.29 is 0 Å². The maximum atomic E-state index is 4.59. The van der Waals surface area contributed by atoms with E-state index in [1.807, 2.05) is 0 Å². The molecule has 1 radical (unpaired) electrons. The highest BCUT2D eigenvalue weighted by atomic mass is 14.8. The summed E-state index contributed by atoms with van der Waals surface area (Å²) in [5.74, 6) is 0. The number of benzene rings is 1. The number of aryl methyl sites for hydroxylation is 1. The van der Waals surface area contributed by atoms with Crippen molar-refractivity contribution in [3.63, 3.8) is 0 Å². The molecule has 0 aliphatic rings. The molecule has 0 spiro atoms. The van der Waals surface area contributed by atoms with Gasteiger partial charge < -0.3 is 0 Å². The molecule has 101 valence electrons. The molecule has 0 aliphatic heterocycles. The Bertz CT molecular complexity index is 268. The Labute approximate surface area is 113 Å². The third kappa shape index (κ3) is 8.30. The van der Waals surface area contributed by atoms with Crippen molar-refractivity contribution >= 4 is 0 Å². The first kappa shape index (κ1) is 15.2. The van der Waals surface area contributed by atoms with E-state index in [-0.39, 0.29) is 0 Å². The molecule has 0 heterocycles. The van der Waals surface area contributed by atoms with Gasteiger partial charge in [-0.3, -0.25) is 0 Å². The summed E-state index contributed by atoms with van der Waals surface area (Å²) in [7, 11) is 0. The minimum Gasteiger partial charge on any atom is -0.242 e. The van der Waals surface area contributed by atoms with Gasteiger partial charge in [0.15, 0.2) is 0 Å². The lowest BCUT2D eigenvalue weighted by molar-refractivity contribution is 0.559. The van der Waals surface area contributed by atoms with Crippen molar-refractivity contribution in [1.82, 2.24) is 5.32 Å². The quantitative estimate of drug-likeness (QED) is 0.507. The molecular formula is C17H28N. The Morgan fingerprint density at radius 1 is 0.778 bits per heavy atom. The van der Waals surface area contributed by atoms with Crippen LogP contribution in [-0.4, -0.2) is 13.1 Å². The lowest BCUT2D eigenvalue weighted by atomic mass is 10.1. The number of hydrogen-bond donors (Lipinski definition) is 0. The highest BCUT2D eigenvalue weighted by molar-refractivity contribution is 5.14. The van der Waals surface area contributed by atoms with Gasteiger partial charge in [-0.05, 0) is 31.2 Å². The van der Waals surface area contributed by atoms with Crippen molar-refractivity contribution in [2.75, 3.05) is 13.1 Å². The van der Waals surface area contributed by atoms with Crippen LogP contribution in [0, 0.1) is 0 Å². The van der Waals surface area contributed by atoms with Gasteiger partial charge in [0, 0.05) is 13.1 Å². The predicted molar refractivity (Wildman–Crippen MR) is 80.0 cm³/mol. The average Bonchev–Trinajstić information content (AvgIpc) is 2.42.